The molecule has 136 valence electrons. The molecule has 1 aliphatic heterocycles. The quantitative estimate of drug-likeness (QED) is 0.668. The highest BCUT2D eigenvalue weighted by Gasteiger charge is 2.36. The summed E-state index contributed by atoms with van der Waals surface area (Å²) >= 11 is 0. The first-order valence-electron chi connectivity index (χ1n) is 8.88. The molecule has 25 heavy (non-hydrogen) atoms. The number of ether oxygens (including phenoxy) is 1. The monoisotopic (exact) mass is 347 g/mol. The molecular weight excluding hydrogens is 322 g/mol. The summed E-state index contributed by atoms with van der Waals surface area (Å²) in [5.74, 6) is 0.107. The van der Waals surface area contributed by atoms with E-state index in [1.165, 1.54) is 0 Å². The number of carbonyl (C=O) groups excluding carboxylic acids is 2. The predicted octanol–water partition coefficient (Wildman–Crippen LogP) is 0.523. The molecule has 7 nitrogen and oxygen atoms in total. The molecule has 2 amide bonds. The van der Waals surface area contributed by atoms with Gasteiger partial charge in [0.05, 0.1) is 25.2 Å². The molecule has 2 fully saturated rings. The largest absolute Gasteiger partial charge is 0.394 e. The van der Waals surface area contributed by atoms with Crippen molar-refractivity contribution in [1.29, 1.82) is 0 Å². The van der Waals surface area contributed by atoms with Gasteiger partial charge in [0.15, 0.2) is 0 Å². The lowest BCUT2D eigenvalue weighted by molar-refractivity contribution is -0.136. The number of pyridine rings is 1. The summed E-state index contributed by atoms with van der Waals surface area (Å²) in [5.41, 5.74) is 0.990. The van der Waals surface area contributed by atoms with E-state index in [0.717, 1.165) is 18.4 Å². The summed E-state index contributed by atoms with van der Waals surface area (Å²) in [6.07, 6.45) is 6.25. The van der Waals surface area contributed by atoms with E-state index >= 15 is 0 Å². The van der Waals surface area contributed by atoms with Crippen LogP contribution in [0, 0.1) is 5.92 Å². The number of carbonyl (C=O) groups is 2. The average molecular weight is 347 g/mol. The number of rotatable bonds is 7. The molecule has 2 aliphatic rings. The Balaban J connectivity index is 1.42. The van der Waals surface area contributed by atoms with Gasteiger partial charge < -0.3 is 20.5 Å². The van der Waals surface area contributed by atoms with Gasteiger partial charge in [-0.1, -0.05) is 0 Å². The zero-order chi connectivity index (χ0) is 17.6. The van der Waals surface area contributed by atoms with Gasteiger partial charge in [-0.15, -0.1) is 0 Å². The minimum absolute atomic E-state index is 0.0561. The van der Waals surface area contributed by atoms with Crippen molar-refractivity contribution in [1.82, 2.24) is 15.6 Å². The number of aliphatic hydroxyl groups is 1. The summed E-state index contributed by atoms with van der Waals surface area (Å²) in [6.45, 7) is 0.294. The molecule has 1 saturated heterocycles. The lowest BCUT2D eigenvalue weighted by Crippen LogP contribution is -2.51. The normalized spacial score (nSPS) is 26.0. The standard InChI is InChI=1S/C18H25N3O4/c22-11-16-15(21-18(24)13-1-2-13)4-3-14(25-16)9-17(23)20-10-12-5-7-19-8-6-12/h5-8,13-16,22H,1-4,9-11H2,(H,20,23)(H,21,24)/t14-,15+,16+/m0/s1. The van der Waals surface area contributed by atoms with Gasteiger partial charge in [0.25, 0.3) is 0 Å². The van der Waals surface area contributed by atoms with Crippen LogP contribution in [0.2, 0.25) is 0 Å². The predicted molar refractivity (Wildman–Crippen MR) is 90.3 cm³/mol. The Hall–Kier alpha value is -1.99. The van der Waals surface area contributed by atoms with Crippen molar-refractivity contribution in [3.8, 4) is 0 Å². The minimum atomic E-state index is -0.450. The second-order valence-electron chi connectivity index (χ2n) is 6.78. The highest BCUT2D eigenvalue weighted by Crippen LogP contribution is 2.30. The van der Waals surface area contributed by atoms with Crippen LogP contribution in [-0.2, 0) is 20.9 Å². The minimum Gasteiger partial charge on any atom is -0.394 e. The SMILES string of the molecule is O=C(C[C@@H]1CC[C@@H](NC(=O)C2CC2)[C@@H](CO)O1)NCc1ccncc1. The molecular formula is C18H25N3O4. The van der Waals surface area contributed by atoms with Crippen molar-refractivity contribution in [3.63, 3.8) is 0 Å². The van der Waals surface area contributed by atoms with Crippen molar-refractivity contribution >= 4 is 11.8 Å². The first-order valence-corrected chi connectivity index (χ1v) is 8.88. The molecule has 0 bridgehead atoms. The highest BCUT2D eigenvalue weighted by molar-refractivity contribution is 5.81. The lowest BCUT2D eigenvalue weighted by atomic mass is 9.96. The van der Waals surface area contributed by atoms with Crippen molar-refractivity contribution < 1.29 is 19.4 Å². The van der Waals surface area contributed by atoms with E-state index < -0.39 is 6.10 Å². The van der Waals surface area contributed by atoms with Crippen molar-refractivity contribution in [3.05, 3.63) is 30.1 Å². The van der Waals surface area contributed by atoms with Crippen LogP contribution in [0.5, 0.6) is 0 Å². The summed E-state index contributed by atoms with van der Waals surface area (Å²) in [7, 11) is 0. The molecule has 0 radical (unpaired) electrons. The first kappa shape index (κ1) is 17.8. The van der Waals surface area contributed by atoms with Crippen molar-refractivity contribution in [2.75, 3.05) is 6.61 Å². The van der Waals surface area contributed by atoms with E-state index in [-0.39, 0.29) is 42.9 Å². The van der Waals surface area contributed by atoms with Crippen LogP contribution in [0.15, 0.2) is 24.5 Å². The van der Waals surface area contributed by atoms with Crippen LogP contribution in [0.4, 0.5) is 0 Å². The van der Waals surface area contributed by atoms with Crippen molar-refractivity contribution in [2.24, 2.45) is 5.92 Å². The van der Waals surface area contributed by atoms with Gasteiger partial charge in [-0.25, -0.2) is 0 Å². The Morgan fingerprint density at radius 3 is 2.64 bits per heavy atom. The molecule has 0 unspecified atom stereocenters. The summed E-state index contributed by atoms with van der Waals surface area (Å²) in [5, 5.41) is 15.4. The number of amides is 2. The topological polar surface area (TPSA) is 101 Å². The number of aromatic nitrogens is 1. The van der Waals surface area contributed by atoms with E-state index in [4.69, 9.17) is 4.74 Å². The number of hydrogen-bond donors (Lipinski definition) is 3. The second kappa shape index (κ2) is 8.40. The van der Waals surface area contributed by atoms with Gasteiger partial charge in [0, 0.05) is 24.9 Å². The average Bonchev–Trinajstić information content (AvgIpc) is 3.47. The number of hydrogen-bond acceptors (Lipinski definition) is 5. The van der Waals surface area contributed by atoms with Crippen LogP contribution in [0.25, 0.3) is 0 Å². The molecule has 1 aromatic heterocycles. The molecule has 1 saturated carbocycles. The Kier molecular flexibility index (Phi) is 5.99. The maximum Gasteiger partial charge on any atom is 0.223 e. The third kappa shape index (κ3) is 5.24. The molecule has 0 aromatic carbocycles. The fourth-order valence-corrected chi connectivity index (χ4v) is 3.07. The van der Waals surface area contributed by atoms with Gasteiger partial charge >= 0.3 is 0 Å². The van der Waals surface area contributed by atoms with E-state index in [9.17, 15) is 14.7 Å². The van der Waals surface area contributed by atoms with Gasteiger partial charge in [-0.2, -0.15) is 0 Å². The van der Waals surface area contributed by atoms with Crippen LogP contribution < -0.4 is 10.6 Å². The van der Waals surface area contributed by atoms with Crippen LogP contribution in [-0.4, -0.2) is 46.8 Å². The summed E-state index contributed by atoms with van der Waals surface area (Å²) in [4.78, 5) is 27.9. The van der Waals surface area contributed by atoms with Gasteiger partial charge in [-0.05, 0) is 43.4 Å². The maximum absolute atomic E-state index is 12.1. The molecule has 1 aliphatic carbocycles. The Morgan fingerprint density at radius 1 is 1.20 bits per heavy atom. The molecule has 0 spiro atoms. The molecule has 3 N–H and O–H groups in total. The van der Waals surface area contributed by atoms with Crippen LogP contribution in [0.1, 0.15) is 37.7 Å². The smallest absolute Gasteiger partial charge is 0.223 e. The Morgan fingerprint density at radius 2 is 1.96 bits per heavy atom. The first-order chi connectivity index (χ1) is 12.2. The zero-order valence-electron chi connectivity index (χ0n) is 14.2. The summed E-state index contributed by atoms with van der Waals surface area (Å²) < 4.78 is 5.84. The van der Waals surface area contributed by atoms with E-state index in [1.54, 1.807) is 12.4 Å². The van der Waals surface area contributed by atoms with Gasteiger partial charge in [0.1, 0.15) is 6.10 Å². The second-order valence-corrected chi connectivity index (χ2v) is 6.78. The highest BCUT2D eigenvalue weighted by atomic mass is 16.5. The number of nitrogens with zero attached hydrogens (tertiary/aromatic N) is 1. The molecule has 3 rings (SSSR count). The molecule has 3 atom stereocenters. The number of aliphatic hydroxyl groups excluding tert-OH is 1. The fraction of sp³-hybridized carbons (Fsp3) is 0.611. The molecule has 1 aromatic rings. The fourth-order valence-electron chi connectivity index (χ4n) is 3.07. The third-order valence-corrected chi connectivity index (χ3v) is 4.72. The van der Waals surface area contributed by atoms with E-state index in [0.29, 0.717) is 19.4 Å². The van der Waals surface area contributed by atoms with E-state index in [1.807, 2.05) is 12.1 Å². The van der Waals surface area contributed by atoms with Crippen molar-refractivity contribution in [2.45, 2.75) is 56.9 Å². The Bertz CT molecular complexity index is 591. The van der Waals surface area contributed by atoms with Crippen LogP contribution >= 0.6 is 0 Å². The lowest BCUT2D eigenvalue weighted by Gasteiger charge is -2.36. The zero-order valence-corrected chi connectivity index (χ0v) is 14.2. The van der Waals surface area contributed by atoms with E-state index in [2.05, 4.69) is 15.6 Å². The molecule has 2 heterocycles. The van der Waals surface area contributed by atoms with Gasteiger partial charge in [0.2, 0.25) is 11.8 Å². The number of nitrogens with one attached hydrogen (secondary N) is 2. The van der Waals surface area contributed by atoms with Gasteiger partial charge in [-0.3, -0.25) is 14.6 Å². The molecule has 7 heteroatoms. The maximum atomic E-state index is 12.1. The van der Waals surface area contributed by atoms with Crippen LogP contribution in [0.3, 0.4) is 0 Å². The third-order valence-electron chi connectivity index (χ3n) is 4.72. The summed E-state index contributed by atoms with van der Waals surface area (Å²) in [6, 6.07) is 3.53. The Labute approximate surface area is 147 Å².